The summed E-state index contributed by atoms with van der Waals surface area (Å²) in [6.45, 7) is 4.89. The second-order valence-electron chi connectivity index (χ2n) is 7.02. The quantitative estimate of drug-likeness (QED) is 0.500. The summed E-state index contributed by atoms with van der Waals surface area (Å²) < 4.78 is 7.92. The molecule has 1 aromatic heterocycles. The Hall–Kier alpha value is -3.28. The van der Waals surface area contributed by atoms with Crippen molar-refractivity contribution in [3.63, 3.8) is 0 Å². The number of fused-ring (bicyclic) bond motifs is 1. The van der Waals surface area contributed by atoms with Gasteiger partial charge in [0.2, 0.25) is 0 Å². The first-order valence-electron chi connectivity index (χ1n) is 10.1. The van der Waals surface area contributed by atoms with E-state index in [1.807, 2.05) is 36.7 Å². The van der Waals surface area contributed by atoms with E-state index in [1.165, 1.54) is 11.1 Å². The van der Waals surface area contributed by atoms with Crippen LogP contribution in [0.25, 0.3) is 0 Å². The molecule has 0 amide bonds. The minimum atomic E-state index is 0.182. The van der Waals surface area contributed by atoms with E-state index in [1.54, 1.807) is 0 Å². The van der Waals surface area contributed by atoms with E-state index in [4.69, 9.17) is 9.73 Å². The van der Waals surface area contributed by atoms with E-state index >= 15 is 0 Å². The zero-order chi connectivity index (χ0) is 19.9. The SMILES string of the molecule is CCNC(=NCc1nccn1Cc1ccccc1)NC1CCOc2ccccc21. The number of ether oxygens (including phenoxy) is 1. The fraction of sp³-hybridized carbons (Fsp3) is 0.304. The van der Waals surface area contributed by atoms with Gasteiger partial charge in [0.05, 0.1) is 12.6 Å². The molecule has 0 bridgehead atoms. The van der Waals surface area contributed by atoms with Gasteiger partial charge in [-0.3, -0.25) is 0 Å². The first-order chi connectivity index (χ1) is 14.3. The number of aliphatic imine (C=N–C) groups is 1. The van der Waals surface area contributed by atoms with Gasteiger partial charge in [0.15, 0.2) is 5.96 Å². The van der Waals surface area contributed by atoms with Gasteiger partial charge >= 0.3 is 0 Å². The highest BCUT2D eigenvalue weighted by atomic mass is 16.5. The molecule has 4 rings (SSSR count). The largest absolute Gasteiger partial charge is 0.493 e. The maximum absolute atomic E-state index is 5.77. The van der Waals surface area contributed by atoms with Gasteiger partial charge in [-0.1, -0.05) is 48.5 Å². The number of nitrogens with one attached hydrogen (secondary N) is 2. The molecule has 150 valence electrons. The van der Waals surface area contributed by atoms with Crippen molar-refractivity contribution < 1.29 is 4.74 Å². The number of hydrogen-bond donors (Lipinski definition) is 2. The predicted molar refractivity (Wildman–Crippen MR) is 115 cm³/mol. The van der Waals surface area contributed by atoms with Crippen molar-refractivity contribution in [1.29, 1.82) is 0 Å². The second kappa shape index (κ2) is 9.28. The lowest BCUT2D eigenvalue weighted by Gasteiger charge is -2.28. The normalized spacial score (nSPS) is 16.0. The third-order valence-corrected chi connectivity index (χ3v) is 4.99. The minimum Gasteiger partial charge on any atom is -0.493 e. The average Bonchev–Trinajstić information content (AvgIpc) is 3.20. The molecule has 0 radical (unpaired) electrons. The third kappa shape index (κ3) is 4.77. The number of benzene rings is 2. The molecule has 0 aliphatic carbocycles. The van der Waals surface area contributed by atoms with Crippen molar-refractivity contribution in [1.82, 2.24) is 20.2 Å². The molecule has 3 aromatic rings. The smallest absolute Gasteiger partial charge is 0.192 e. The number of aromatic nitrogens is 2. The monoisotopic (exact) mass is 389 g/mol. The molecular weight excluding hydrogens is 362 g/mol. The molecule has 29 heavy (non-hydrogen) atoms. The summed E-state index contributed by atoms with van der Waals surface area (Å²) in [6, 6.07) is 18.8. The fourth-order valence-corrected chi connectivity index (χ4v) is 3.54. The van der Waals surface area contributed by atoms with Crippen molar-refractivity contribution in [3.05, 3.63) is 83.9 Å². The summed E-state index contributed by atoms with van der Waals surface area (Å²) in [5, 5.41) is 6.92. The lowest BCUT2D eigenvalue weighted by molar-refractivity contribution is 0.261. The van der Waals surface area contributed by atoms with Crippen LogP contribution >= 0.6 is 0 Å². The van der Waals surface area contributed by atoms with E-state index < -0.39 is 0 Å². The fourth-order valence-electron chi connectivity index (χ4n) is 3.54. The summed E-state index contributed by atoms with van der Waals surface area (Å²) >= 11 is 0. The predicted octanol–water partition coefficient (Wildman–Crippen LogP) is 3.51. The highest BCUT2D eigenvalue weighted by Gasteiger charge is 2.21. The van der Waals surface area contributed by atoms with E-state index in [2.05, 4.69) is 57.4 Å². The van der Waals surface area contributed by atoms with Crippen LogP contribution in [0.15, 0.2) is 72.0 Å². The summed E-state index contributed by atoms with van der Waals surface area (Å²) in [5.41, 5.74) is 2.43. The van der Waals surface area contributed by atoms with Crippen LogP contribution in [-0.4, -0.2) is 28.7 Å². The van der Waals surface area contributed by atoms with Crippen LogP contribution in [0.1, 0.15) is 36.3 Å². The first kappa shape index (κ1) is 19.1. The Morgan fingerprint density at radius 3 is 2.86 bits per heavy atom. The lowest BCUT2D eigenvalue weighted by Crippen LogP contribution is -2.41. The Balaban J connectivity index is 1.47. The van der Waals surface area contributed by atoms with Gasteiger partial charge in [0, 0.05) is 37.5 Å². The molecule has 0 saturated heterocycles. The van der Waals surface area contributed by atoms with E-state index in [0.717, 1.165) is 37.0 Å². The Morgan fingerprint density at radius 2 is 2.00 bits per heavy atom. The van der Waals surface area contributed by atoms with Gasteiger partial charge in [-0.25, -0.2) is 9.98 Å². The van der Waals surface area contributed by atoms with Crippen molar-refractivity contribution in [2.24, 2.45) is 4.99 Å². The summed E-state index contributed by atoms with van der Waals surface area (Å²) in [5.74, 6) is 2.69. The molecule has 1 aliphatic heterocycles. The van der Waals surface area contributed by atoms with Crippen molar-refractivity contribution in [2.45, 2.75) is 32.5 Å². The Bertz CT molecular complexity index is 951. The van der Waals surface area contributed by atoms with Gasteiger partial charge < -0.3 is 19.9 Å². The molecule has 0 saturated carbocycles. The maximum Gasteiger partial charge on any atom is 0.192 e. The van der Waals surface area contributed by atoms with Crippen LogP contribution in [0.3, 0.4) is 0 Å². The Labute approximate surface area is 171 Å². The lowest BCUT2D eigenvalue weighted by atomic mass is 10.0. The molecule has 1 unspecified atom stereocenters. The molecule has 1 atom stereocenters. The van der Waals surface area contributed by atoms with Gasteiger partial charge in [0.1, 0.15) is 18.1 Å². The van der Waals surface area contributed by atoms with Crippen molar-refractivity contribution >= 4 is 5.96 Å². The van der Waals surface area contributed by atoms with Crippen LogP contribution < -0.4 is 15.4 Å². The molecule has 2 aromatic carbocycles. The summed E-state index contributed by atoms with van der Waals surface area (Å²) in [7, 11) is 0. The molecule has 2 heterocycles. The van der Waals surface area contributed by atoms with E-state index in [9.17, 15) is 0 Å². The summed E-state index contributed by atoms with van der Waals surface area (Å²) in [6.07, 6.45) is 4.75. The molecule has 6 heteroatoms. The minimum absolute atomic E-state index is 0.182. The second-order valence-corrected chi connectivity index (χ2v) is 7.02. The first-order valence-corrected chi connectivity index (χ1v) is 10.1. The van der Waals surface area contributed by atoms with E-state index in [-0.39, 0.29) is 6.04 Å². The number of nitrogens with zero attached hydrogens (tertiary/aromatic N) is 3. The van der Waals surface area contributed by atoms with Crippen LogP contribution in [0.4, 0.5) is 0 Å². The highest BCUT2D eigenvalue weighted by Crippen LogP contribution is 2.31. The number of para-hydroxylation sites is 1. The van der Waals surface area contributed by atoms with Gasteiger partial charge in [-0.2, -0.15) is 0 Å². The van der Waals surface area contributed by atoms with Crippen LogP contribution in [0, 0.1) is 0 Å². The number of hydrogen-bond acceptors (Lipinski definition) is 3. The topological polar surface area (TPSA) is 63.5 Å². The number of rotatable bonds is 6. The zero-order valence-electron chi connectivity index (χ0n) is 16.7. The molecule has 1 aliphatic rings. The highest BCUT2D eigenvalue weighted by molar-refractivity contribution is 5.80. The van der Waals surface area contributed by atoms with Gasteiger partial charge in [-0.05, 0) is 18.6 Å². The Kier molecular flexibility index (Phi) is 6.10. The average molecular weight is 390 g/mol. The molecular formula is C23H27N5O. The summed E-state index contributed by atoms with van der Waals surface area (Å²) in [4.78, 5) is 9.30. The van der Waals surface area contributed by atoms with E-state index in [0.29, 0.717) is 13.2 Å². The Morgan fingerprint density at radius 1 is 1.17 bits per heavy atom. The van der Waals surface area contributed by atoms with Crippen LogP contribution in [0.5, 0.6) is 5.75 Å². The van der Waals surface area contributed by atoms with Crippen molar-refractivity contribution in [3.8, 4) is 5.75 Å². The van der Waals surface area contributed by atoms with Crippen LogP contribution in [-0.2, 0) is 13.1 Å². The van der Waals surface area contributed by atoms with Crippen LogP contribution in [0.2, 0.25) is 0 Å². The van der Waals surface area contributed by atoms with Crippen molar-refractivity contribution in [2.75, 3.05) is 13.2 Å². The molecule has 0 fully saturated rings. The van der Waals surface area contributed by atoms with Gasteiger partial charge in [-0.15, -0.1) is 0 Å². The molecule has 2 N–H and O–H groups in total. The maximum atomic E-state index is 5.77. The molecule has 0 spiro atoms. The van der Waals surface area contributed by atoms with Gasteiger partial charge in [0.25, 0.3) is 0 Å². The standard InChI is InChI=1S/C23H27N5O/c1-2-24-23(27-20-12-15-29-21-11-7-6-10-19(20)21)26-16-22-25-13-14-28(22)17-18-8-4-3-5-9-18/h3-11,13-14,20H,2,12,15-17H2,1H3,(H2,24,26,27). The number of imidazole rings is 1. The molecule has 6 nitrogen and oxygen atoms in total. The number of guanidine groups is 1. The third-order valence-electron chi connectivity index (χ3n) is 4.99. The zero-order valence-corrected chi connectivity index (χ0v) is 16.7.